The Labute approximate surface area is 133 Å². The maximum atomic E-state index is 9.57. The lowest BCUT2D eigenvalue weighted by Crippen LogP contribution is -2.19. The molecule has 0 unspecified atom stereocenters. The summed E-state index contributed by atoms with van der Waals surface area (Å²) in [5.41, 5.74) is 5.91. The SMILES string of the molecule is C=C/C=C1\C(=C/C)\C(=C\C)C(C(=C)C=C)=C(/C=C\C)\C1=N/O. The van der Waals surface area contributed by atoms with Crippen molar-refractivity contribution in [2.24, 2.45) is 5.16 Å². The first-order chi connectivity index (χ1) is 10.6. The lowest BCUT2D eigenvalue weighted by atomic mass is 9.75. The van der Waals surface area contributed by atoms with E-state index in [1.165, 1.54) is 0 Å². The molecule has 1 aliphatic carbocycles. The second-order valence-corrected chi connectivity index (χ2v) is 4.69. The summed E-state index contributed by atoms with van der Waals surface area (Å²) >= 11 is 0. The van der Waals surface area contributed by atoms with Gasteiger partial charge in [0, 0.05) is 11.1 Å². The Kier molecular flexibility index (Phi) is 6.33. The minimum absolute atomic E-state index is 0.509. The third-order valence-electron chi connectivity index (χ3n) is 3.49. The summed E-state index contributed by atoms with van der Waals surface area (Å²) in [7, 11) is 0. The second-order valence-electron chi connectivity index (χ2n) is 4.69. The molecule has 2 nitrogen and oxygen atoms in total. The molecule has 2 heteroatoms. The summed E-state index contributed by atoms with van der Waals surface area (Å²) in [4.78, 5) is 0. The van der Waals surface area contributed by atoms with Crippen LogP contribution in [0.5, 0.6) is 0 Å². The van der Waals surface area contributed by atoms with Crippen molar-refractivity contribution in [3.8, 4) is 0 Å². The Morgan fingerprint density at radius 3 is 2.09 bits per heavy atom. The molecule has 0 saturated heterocycles. The molecule has 22 heavy (non-hydrogen) atoms. The summed E-state index contributed by atoms with van der Waals surface area (Å²) in [6, 6.07) is 0. The Bertz CT molecular complexity index is 676. The number of hydrogen-bond donors (Lipinski definition) is 1. The summed E-state index contributed by atoms with van der Waals surface area (Å²) < 4.78 is 0. The van der Waals surface area contributed by atoms with Crippen LogP contribution < -0.4 is 0 Å². The average molecular weight is 293 g/mol. The molecule has 0 amide bonds. The van der Waals surface area contributed by atoms with Crippen LogP contribution in [0.2, 0.25) is 0 Å². The lowest BCUT2D eigenvalue weighted by Gasteiger charge is -2.28. The van der Waals surface area contributed by atoms with Gasteiger partial charge in [0.05, 0.1) is 0 Å². The summed E-state index contributed by atoms with van der Waals surface area (Å²) in [6.45, 7) is 17.5. The van der Waals surface area contributed by atoms with Crippen molar-refractivity contribution in [3.05, 3.63) is 95.7 Å². The molecule has 0 spiro atoms. The van der Waals surface area contributed by atoms with E-state index in [0.717, 1.165) is 33.4 Å². The quantitative estimate of drug-likeness (QED) is 0.417. The molecule has 0 aliphatic heterocycles. The third-order valence-corrected chi connectivity index (χ3v) is 3.49. The number of rotatable bonds is 4. The van der Waals surface area contributed by atoms with Gasteiger partial charge in [-0.3, -0.25) is 0 Å². The molecule has 0 radical (unpaired) electrons. The van der Waals surface area contributed by atoms with E-state index in [1.54, 1.807) is 12.2 Å². The fourth-order valence-electron chi connectivity index (χ4n) is 2.60. The molecule has 0 saturated carbocycles. The zero-order chi connectivity index (χ0) is 16.7. The number of allylic oxidation sites excluding steroid dienone is 13. The molecule has 0 atom stereocenters. The fraction of sp³-hybridized carbons (Fsp3) is 0.150. The van der Waals surface area contributed by atoms with Crippen LogP contribution in [-0.2, 0) is 0 Å². The van der Waals surface area contributed by atoms with Crippen LogP contribution in [0.3, 0.4) is 0 Å². The molecule has 1 rings (SSSR count). The first kappa shape index (κ1) is 17.4. The summed E-state index contributed by atoms with van der Waals surface area (Å²) in [5.74, 6) is 0. The van der Waals surface area contributed by atoms with E-state index in [2.05, 4.69) is 24.9 Å². The Morgan fingerprint density at radius 1 is 1.05 bits per heavy atom. The predicted octanol–water partition coefficient (Wildman–Crippen LogP) is 5.45. The first-order valence-corrected chi connectivity index (χ1v) is 7.19. The molecule has 0 aromatic rings. The minimum atomic E-state index is 0.509. The van der Waals surface area contributed by atoms with Gasteiger partial charge in [-0.15, -0.1) is 0 Å². The summed E-state index contributed by atoms with van der Waals surface area (Å²) in [6.07, 6.45) is 13.1. The molecule has 1 N–H and O–H groups in total. The molecule has 0 aromatic carbocycles. The highest BCUT2D eigenvalue weighted by Crippen LogP contribution is 2.40. The molecule has 0 fully saturated rings. The fourth-order valence-corrected chi connectivity index (χ4v) is 2.60. The lowest BCUT2D eigenvalue weighted by molar-refractivity contribution is 0.319. The molecule has 1 aliphatic rings. The maximum absolute atomic E-state index is 9.57. The molecule has 0 aromatic heterocycles. The van der Waals surface area contributed by atoms with E-state index in [9.17, 15) is 5.21 Å². The van der Waals surface area contributed by atoms with Crippen LogP contribution in [0.4, 0.5) is 0 Å². The monoisotopic (exact) mass is 293 g/mol. The van der Waals surface area contributed by atoms with Crippen molar-refractivity contribution in [3.63, 3.8) is 0 Å². The van der Waals surface area contributed by atoms with Crippen molar-refractivity contribution in [1.29, 1.82) is 0 Å². The maximum Gasteiger partial charge on any atom is 0.118 e. The van der Waals surface area contributed by atoms with Gasteiger partial charge in [0.1, 0.15) is 5.71 Å². The van der Waals surface area contributed by atoms with Crippen LogP contribution in [0.1, 0.15) is 20.8 Å². The Balaban J connectivity index is 3.97. The first-order valence-electron chi connectivity index (χ1n) is 7.19. The Morgan fingerprint density at radius 2 is 1.68 bits per heavy atom. The Hall–Kier alpha value is -2.61. The van der Waals surface area contributed by atoms with Gasteiger partial charge >= 0.3 is 0 Å². The van der Waals surface area contributed by atoms with Gasteiger partial charge in [-0.05, 0) is 43.1 Å². The summed E-state index contributed by atoms with van der Waals surface area (Å²) in [5, 5.41) is 13.1. The molecular weight excluding hydrogens is 270 g/mol. The highest BCUT2D eigenvalue weighted by Gasteiger charge is 2.29. The van der Waals surface area contributed by atoms with Gasteiger partial charge in [-0.1, -0.05) is 67.4 Å². The second kappa shape index (κ2) is 7.99. The normalized spacial score (nSPS) is 23.0. The van der Waals surface area contributed by atoms with Gasteiger partial charge in [0.25, 0.3) is 0 Å². The highest BCUT2D eigenvalue weighted by molar-refractivity contribution is 6.20. The molecule has 114 valence electrons. The van der Waals surface area contributed by atoms with E-state index in [1.807, 2.05) is 51.2 Å². The van der Waals surface area contributed by atoms with Crippen LogP contribution in [0.15, 0.2) is 101 Å². The van der Waals surface area contributed by atoms with Crippen molar-refractivity contribution in [2.75, 3.05) is 0 Å². The van der Waals surface area contributed by atoms with E-state index in [4.69, 9.17) is 0 Å². The number of oxime groups is 1. The van der Waals surface area contributed by atoms with Crippen LogP contribution in [0.25, 0.3) is 0 Å². The number of nitrogens with zero attached hydrogens (tertiary/aromatic N) is 1. The average Bonchev–Trinajstić information content (AvgIpc) is 2.54. The zero-order valence-corrected chi connectivity index (χ0v) is 13.6. The van der Waals surface area contributed by atoms with Crippen LogP contribution >= 0.6 is 0 Å². The van der Waals surface area contributed by atoms with Crippen LogP contribution in [-0.4, -0.2) is 10.9 Å². The van der Waals surface area contributed by atoms with E-state index >= 15 is 0 Å². The van der Waals surface area contributed by atoms with Crippen molar-refractivity contribution >= 4 is 5.71 Å². The number of hydrogen-bond acceptors (Lipinski definition) is 2. The zero-order valence-electron chi connectivity index (χ0n) is 13.6. The van der Waals surface area contributed by atoms with Gasteiger partial charge in [-0.25, -0.2) is 0 Å². The highest BCUT2D eigenvalue weighted by atomic mass is 16.4. The molecule has 0 heterocycles. The smallest absolute Gasteiger partial charge is 0.118 e. The largest absolute Gasteiger partial charge is 0.410 e. The third kappa shape index (κ3) is 3.01. The van der Waals surface area contributed by atoms with E-state index in [0.29, 0.717) is 5.71 Å². The molecule has 0 bridgehead atoms. The van der Waals surface area contributed by atoms with Crippen molar-refractivity contribution in [2.45, 2.75) is 20.8 Å². The van der Waals surface area contributed by atoms with Gasteiger partial charge in [0.15, 0.2) is 0 Å². The van der Waals surface area contributed by atoms with Gasteiger partial charge in [0.2, 0.25) is 0 Å². The van der Waals surface area contributed by atoms with Gasteiger partial charge in [-0.2, -0.15) is 0 Å². The predicted molar refractivity (Wildman–Crippen MR) is 96.2 cm³/mol. The minimum Gasteiger partial charge on any atom is -0.410 e. The topological polar surface area (TPSA) is 32.6 Å². The molecular formula is C20H23NO. The van der Waals surface area contributed by atoms with E-state index in [-0.39, 0.29) is 0 Å². The van der Waals surface area contributed by atoms with E-state index < -0.39 is 0 Å². The standard InChI is InChI=1S/C20H23NO/c1-7-12-17-15(10-4)16(11-5)19(14(6)9-3)18(13-8-2)20(17)21-22/h7-13,22H,1,3,6H2,2,4-5H3/b13-8-,15-10-,16-11-,17-12+,21-20-. The van der Waals surface area contributed by atoms with Crippen LogP contribution in [0, 0.1) is 0 Å². The van der Waals surface area contributed by atoms with Crippen molar-refractivity contribution < 1.29 is 5.21 Å². The van der Waals surface area contributed by atoms with Crippen molar-refractivity contribution in [1.82, 2.24) is 0 Å². The van der Waals surface area contributed by atoms with Gasteiger partial charge < -0.3 is 5.21 Å².